The zero-order valence-electron chi connectivity index (χ0n) is 10.6. The van der Waals surface area contributed by atoms with Crippen molar-refractivity contribution in [1.29, 1.82) is 0 Å². The molecule has 7 heteroatoms. The second-order valence-corrected chi connectivity index (χ2v) is 5.04. The van der Waals surface area contributed by atoms with Crippen molar-refractivity contribution >= 4 is 28.5 Å². The van der Waals surface area contributed by atoms with Crippen LogP contribution in [-0.4, -0.2) is 17.0 Å². The highest BCUT2D eigenvalue weighted by Gasteiger charge is 2.09. The fourth-order valence-electron chi connectivity index (χ4n) is 1.55. The van der Waals surface area contributed by atoms with E-state index in [4.69, 9.17) is 0 Å². The van der Waals surface area contributed by atoms with Crippen LogP contribution in [0.4, 0.5) is 5.00 Å². The normalized spacial score (nSPS) is 10.7. The molecule has 0 atom stereocenters. The molecular formula is C13H11N3O3S. The summed E-state index contributed by atoms with van der Waals surface area (Å²) in [5, 5.41) is 14.4. The number of rotatable bonds is 4. The topological polar surface area (TPSA) is 84.6 Å². The van der Waals surface area contributed by atoms with E-state index in [1.807, 2.05) is 19.1 Å². The van der Waals surface area contributed by atoms with Gasteiger partial charge in [0.05, 0.1) is 16.0 Å². The van der Waals surface area contributed by atoms with E-state index in [0.717, 1.165) is 16.9 Å². The Morgan fingerprint density at radius 3 is 2.75 bits per heavy atom. The van der Waals surface area contributed by atoms with Gasteiger partial charge in [0.2, 0.25) is 0 Å². The van der Waals surface area contributed by atoms with Gasteiger partial charge in [0.15, 0.2) is 0 Å². The van der Waals surface area contributed by atoms with Crippen molar-refractivity contribution in [3.63, 3.8) is 0 Å². The van der Waals surface area contributed by atoms with E-state index in [1.165, 1.54) is 12.3 Å². The van der Waals surface area contributed by atoms with Crippen LogP contribution in [0.5, 0.6) is 0 Å². The number of carbonyl (C=O) groups excluding carboxylic acids is 1. The molecular weight excluding hydrogens is 278 g/mol. The van der Waals surface area contributed by atoms with Gasteiger partial charge in [-0.15, -0.1) is 0 Å². The third-order valence-electron chi connectivity index (χ3n) is 2.54. The SMILES string of the molecule is Cc1ccccc1C(=O)NN=Cc1ccc([N+](=O)[O-])s1. The van der Waals surface area contributed by atoms with Gasteiger partial charge in [0.25, 0.3) is 5.91 Å². The molecule has 2 aromatic rings. The highest BCUT2D eigenvalue weighted by Crippen LogP contribution is 2.22. The molecule has 102 valence electrons. The Balaban J connectivity index is 2.01. The number of benzene rings is 1. The fraction of sp³-hybridized carbons (Fsp3) is 0.0769. The lowest BCUT2D eigenvalue weighted by Crippen LogP contribution is -2.18. The largest absolute Gasteiger partial charge is 0.324 e. The number of thiophene rings is 1. The van der Waals surface area contributed by atoms with Gasteiger partial charge in [-0.05, 0) is 24.6 Å². The van der Waals surface area contributed by atoms with Crippen LogP contribution in [-0.2, 0) is 0 Å². The van der Waals surface area contributed by atoms with Gasteiger partial charge < -0.3 is 0 Å². The molecule has 1 aromatic heterocycles. The van der Waals surface area contributed by atoms with Gasteiger partial charge in [0.1, 0.15) is 0 Å². The van der Waals surface area contributed by atoms with Crippen LogP contribution in [0.2, 0.25) is 0 Å². The van der Waals surface area contributed by atoms with E-state index in [1.54, 1.807) is 18.2 Å². The van der Waals surface area contributed by atoms with Crippen molar-refractivity contribution < 1.29 is 9.72 Å². The van der Waals surface area contributed by atoms with Crippen LogP contribution in [0.15, 0.2) is 41.5 Å². The first kappa shape index (κ1) is 13.9. The van der Waals surface area contributed by atoms with Crippen molar-refractivity contribution in [2.24, 2.45) is 5.10 Å². The van der Waals surface area contributed by atoms with Crippen LogP contribution in [0.3, 0.4) is 0 Å². The number of nitrogens with zero attached hydrogens (tertiary/aromatic N) is 2. The Labute approximate surface area is 118 Å². The first-order valence-electron chi connectivity index (χ1n) is 5.71. The summed E-state index contributed by atoms with van der Waals surface area (Å²) in [6.07, 6.45) is 1.38. The highest BCUT2D eigenvalue weighted by molar-refractivity contribution is 7.16. The summed E-state index contributed by atoms with van der Waals surface area (Å²) >= 11 is 0.992. The summed E-state index contributed by atoms with van der Waals surface area (Å²) in [5.41, 5.74) is 3.79. The molecule has 1 aromatic carbocycles. The third kappa shape index (κ3) is 3.27. The molecule has 0 radical (unpaired) electrons. The number of hydrogen-bond acceptors (Lipinski definition) is 5. The fourth-order valence-corrected chi connectivity index (χ4v) is 2.25. The molecule has 0 fully saturated rings. The highest BCUT2D eigenvalue weighted by atomic mass is 32.1. The van der Waals surface area contributed by atoms with Gasteiger partial charge in [-0.1, -0.05) is 29.5 Å². The molecule has 1 N–H and O–H groups in total. The maximum absolute atomic E-state index is 11.8. The molecule has 1 heterocycles. The van der Waals surface area contributed by atoms with Gasteiger partial charge in [-0.2, -0.15) is 5.10 Å². The molecule has 0 saturated heterocycles. The molecule has 0 saturated carbocycles. The summed E-state index contributed by atoms with van der Waals surface area (Å²) in [5.74, 6) is -0.314. The lowest BCUT2D eigenvalue weighted by Gasteiger charge is -2.02. The molecule has 2 rings (SSSR count). The van der Waals surface area contributed by atoms with Crippen LogP contribution < -0.4 is 5.43 Å². The summed E-state index contributed by atoms with van der Waals surface area (Å²) < 4.78 is 0. The summed E-state index contributed by atoms with van der Waals surface area (Å²) in [4.78, 5) is 22.5. The molecule has 1 amide bonds. The Kier molecular flexibility index (Phi) is 4.21. The van der Waals surface area contributed by atoms with Crippen molar-refractivity contribution in [2.75, 3.05) is 0 Å². The van der Waals surface area contributed by atoms with Crippen LogP contribution >= 0.6 is 11.3 Å². The number of carbonyl (C=O) groups is 1. The van der Waals surface area contributed by atoms with E-state index >= 15 is 0 Å². The van der Waals surface area contributed by atoms with Crippen LogP contribution in [0.25, 0.3) is 0 Å². The van der Waals surface area contributed by atoms with E-state index in [-0.39, 0.29) is 10.9 Å². The van der Waals surface area contributed by atoms with Gasteiger partial charge in [0, 0.05) is 11.6 Å². The van der Waals surface area contributed by atoms with Crippen LogP contribution in [0, 0.1) is 17.0 Å². The van der Waals surface area contributed by atoms with E-state index < -0.39 is 4.92 Å². The number of hydrogen-bond donors (Lipinski definition) is 1. The number of nitro groups is 1. The number of aryl methyl sites for hydroxylation is 1. The standard InChI is InChI=1S/C13H11N3O3S/c1-9-4-2-3-5-11(9)13(17)15-14-8-10-6-7-12(20-10)16(18)19/h2-8H,1H3,(H,15,17). The zero-order valence-corrected chi connectivity index (χ0v) is 11.4. The molecule has 0 aliphatic heterocycles. The molecule has 0 unspecified atom stereocenters. The molecule has 0 aliphatic carbocycles. The Hall–Kier alpha value is -2.54. The molecule has 20 heavy (non-hydrogen) atoms. The minimum atomic E-state index is -0.464. The molecule has 0 spiro atoms. The van der Waals surface area contributed by atoms with E-state index in [9.17, 15) is 14.9 Å². The van der Waals surface area contributed by atoms with Gasteiger partial charge in [-0.25, -0.2) is 5.43 Å². The minimum Gasteiger partial charge on any atom is -0.267 e. The first-order valence-corrected chi connectivity index (χ1v) is 6.53. The monoisotopic (exact) mass is 289 g/mol. The number of hydrazone groups is 1. The average molecular weight is 289 g/mol. The minimum absolute atomic E-state index is 0.0386. The number of amides is 1. The lowest BCUT2D eigenvalue weighted by molar-refractivity contribution is -0.380. The number of nitrogens with one attached hydrogen (secondary N) is 1. The summed E-state index contributed by atoms with van der Waals surface area (Å²) in [7, 11) is 0. The van der Waals surface area contributed by atoms with Gasteiger partial charge >= 0.3 is 5.00 Å². The Morgan fingerprint density at radius 2 is 2.10 bits per heavy atom. The first-order chi connectivity index (χ1) is 9.58. The van der Waals surface area contributed by atoms with Crippen molar-refractivity contribution in [3.8, 4) is 0 Å². The Bertz CT molecular complexity index is 679. The van der Waals surface area contributed by atoms with Gasteiger partial charge in [-0.3, -0.25) is 14.9 Å². The maximum atomic E-state index is 11.8. The van der Waals surface area contributed by atoms with Crippen molar-refractivity contribution in [2.45, 2.75) is 6.92 Å². The van der Waals surface area contributed by atoms with E-state index in [0.29, 0.717) is 10.4 Å². The second kappa shape index (κ2) is 6.07. The second-order valence-electron chi connectivity index (χ2n) is 3.95. The summed E-state index contributed by atoms with van der Waals surface area (Å²) in [6, 6.07) is 10.1. The van der Waals surface area contributed by atoms with Crippen molar-refractivity contribution in [1.82, 2.24) is 5.43 Å². The quantitative estimate of drug-likeness (QED) is 0.533. The lowest BCUT2D eigenvalue weighted by atomic mass is 10.1. The van der Waals surface area contributed by atoms with E-state index in [2.05, 4.69) is 10.5 Å². The Morgan fingerprint density at radius 1 is 1.35 bits per heavy atom. The zero-order chi connectivity index (χ0) is 14.5. The smallest absolute Gasteiger partial charge is 0.267 e. The predicted molar refractivity (Wildman–Crippen MR) is 77.2 cm³/mol. The maximum Gasteiger partial charge on any atom is 0.324 e. The molecule has 0 aliphatic rings. The predicted octanol–water partition coefficient (Wildman–Crippen LogP) is 2.73. The summed E-state index contributed by atoms with van der Waals surface area (Å²) in [6.45, 7) is 1.83. The molecule has 6 nitrogen and oxygen atoms in total. The average Bonchev–Trinajstić information content (AvgIpc) is 2.88. The molecule has 0 bridgehead atoms. The third-order valence-corrected chi connectivity index (χ3v) is 3.51. The van der Waals surface area contributed by atoms with Crippen molar-refractivity contribution in [3.05, 3.63) is 62.5 Å². The van der Waals surface area contributed by atoms with Crippen LogP contribution in [0.1, 0.15) is 20.8 Å².